The van der Waals surface area contributed by atoms with Gasteiger partial charge in [0.15, 0.2) is 10.9 Å². The van der Waals surface area contributed by atoms with E-state index in [9.17, 15) is 4.79 Å². The van der Waals surface area contributed by atoms with E-state index in [1.54, 1.807) is 6.26 Å². The van der Waals surface area contributed by atoms with Gasteiger partial charge in [-0.3, -0.25) is 9.36 Å². The molecule has 8 heteroatoms. The van der Waals surface area contributed by atoms with Crippen LogP contribution in [0.5, 0.6) is 0 Å². The third-order valence-electron chi connectivity index (χ3n) is 4.14. The average Bonchev–Trinajstić information content (AvgIpc) is 3.04. The van der Waals surface area contributed by atoms with Gasteiger partial charge in [0.25, 0.3) is 0 Å². The molecule has 1 saturated carbocycles. The van der Waals surface area contributed by atoms with Crippen LogP contribution in [0, 0.1) is 0 Å². The maximum Gasteiger partial charge on any atom is 0.230 e. The molecule has 7 nitrogen and oxygen atoms in total. The van der Waals surface area contributed by atoms with Gasteiger partial charge in [-0.25, -0.2) is 0 Å². The number of nitrogens with zero attached hydrogens (tertiary/aromatic N) is 3. The fraction of sp³-hybridized carbons (Fsp3) is 0.562. The summed E-state index contributed by atoms with van der Waals surface area (Å²) >= 11 is 1.41. The topological polar surface area (TPSA) is 82.2 Å². The van der Waals surface area contributed by atoms with E-state index in [0.29, 0.717) is 29.9 Å². The highest BCUT2D eigenvalue weighted by molar-refractivity contribution is 7.99. The number of carbonyl (C=O) groups is 1. The molecule has 0 spiro atoms. The summed E-state index contributed by atoms with van der Waals surface area (Å²) in [6.45, 7) is 1.48. The van der Waals surface area contributed by atoms with Gasteiger partial charge >= 0.3 is 0 Å². The molecule has 0 radical (unpaired) electrons. The van der Waals surface area contributed by atoms with Crippen molar-refractivity contribution in [3.63, 3.8) is 0 Å². The standard InChI is InChI=1S/C16H20N4O3S/c21-14(17-11-5-6-11)10-24-16-19-18-15(13-4-2-8-23-13)20(16)9-12-3-1-7-22-12/h2,4,8,11-12H,1,3,5-7,9-10H2,(H,17,21)/t12-/m1/s1. The van der Waals surface area contributed by atoms with E-state index in [-0.39, 0.29) is 12.0 Å². The molecule has 1 N–H and O–H groups in total. The molecule has 2 aliphatic rings. The van der Waals surface area contributed by atoms with Crippen molar-refractivity contribution in [2.75, 3.05) is 12.4 Å². The number of hydrogen-bond donors (Lipinski definition) is 1. The van der Waals surface area contributed by atoms with Crippen LogP contribution < -0.4 is 5.32 Å². The minimum absolute atomic E-state index is 0.0497. The first-order chi connectivity index (χ1) is 11.8. The largest absolute Gasteiger partial charge is 0.461 e. The average molecular weight is 348 g/mol. The monoisotopic (exact) mass is 348 g/mol. The third-order valence-corrected chi connectivity index (χ3v) is 5.11. The van der Waals surface area contributed by atoms with Crippen LogP contribution in [0.1, 0.15) is 25.7 Å². The fourth-order valence-electron chi connectivity index (χ4n) is 2.77. The van der Waals surface area contributed by atoms with Crippen LogP contribution in [-0.2, 0) is 16.1 Å². The van der Waals surface area contributed by atoms with Crippen molar-refractivity contribution in [1.29, 1.82) is 0 Å². The normalized spacial score (nSPS) is 20.4. The van der Waals surface area contributed by atoms with Crippen LogP contribution in [0.15, 0.2) is 28.0 Å². The number of amides is 1. The number of thioether (sulfide) groups is 1. The van der Waals surface area contributed by atoms with Gasteiger partial charge in [0.1, 0.15) is 0 Å². The molecular formula is C16H20N4O3S. The lowest BCUT2D eigenvalue weighted by molar-refractivity contribution is -0.118. The van der Waals surface area contributed by atoms with E-state index in [2.05, 4.69) is 15.5 Å². The summed E-state index contributed by atoms with van der Waals surface area (Å²) in [6, 6.07) is 4.07. The molecule has 1 aliphatic heterocycles. The molecule has 2 aromatic rings. The summed E-state index contributed by atoms with van der Waals surface area (Å²) in [5.74, 6) is 1.75. The lowest BCUT2D eigenvalue weighted by Gasteiger charge is -2.13. The zero-order valence-corrected chi connectivity index (χ0v) is 14.1. The van der Waals surface area contributed by atoms with Gasteiger partial charge in [0.2, 0.25) is 11.7 Å². The molecule has 2 aromatic heterocycles. The van der Waals surface area contributed by atoms with E-state index in [1.165, 1.54) is 11.8 Å². The van der Waals surface area contributed by atoms with Crippen molar-refractivity contribution in [3.05, 3.63) is 18.4 Å². The number of rotatable bonds is 7. The molecule has 3 heterocycles. The number of hydrogen-bond acceptors (Lipinski definition) is 6. The van der Waals surface area contributed by atoms with Crippen molar-refractivity contribution >= 4 is 17.7 Å². The molecule has 0 unspecified atom stereocenters. The molecule has 128 valence electrons. The lowest BCUT2D eigenvalue weighted by Crippen LogP contribution is -2.27. The van der Waals surface area contributed by atoms with Crippen LogP contribution in [0.25, 0.3) is 11.6 Å². The number of furan rings is 1. The summed E-state index contributed by atoms with van der Waals surface area (Å²) in [7, 11) is 0. The number of ether oxygens (including phenoxy) is 1. The first kappa shape index (κ1) is 15.7. The molecular weight excluding hydrogens is 328 g/mol. The van der Waals surface area contributed by atoms with Crippen LogP contribution in [0.3, 0.4) is 0 Å². The zero-order valence-electron chi connectivity index (χ0n) is 13.3. The summed E-state index contributed by atoms with van der Waals surface area (Å²) in [5.41, 5.74) is 0. The maximum atomic E-state index is 11.9. The van der Waals surface area contributed by atoms with Crippen LogP contribution in [-0.4, -0.2) is 45.2 Å². The van der Waals surface area contributed by atoms with E-state index < -0.39 is 0 Å². The van der Waals surface area contributed by atoms with Crippen LogP contribution in [0.2, 0.25) is 0 Å². The van der Waals surface area contributed by atoms with E-state index in [1.807, 2.05) is 16.7 Å². The maximum absolute atomic E-state index is 11.9. The highest BCUT2D eigenvalue weighted by Gasteiger charge is 2.25. The molecule has 1 saturated heterocycles. The Morgan fingerprint density at radius 2 is 2.29 bits per heavy atom. The molecule has 1 aliphatic carbocycles. The van der Waals surface area contributed by atoms with E-state index >= 15 is 0 Å². The van der Waals surface area contributed by atoms with Gasteiger partial charge in [-0.2, -0.15) is 0 Å². The van der Waals surface area contributed by atoms with Gasteiger partial charge in [-0.1, -0.05) is 11.8 Å². The lowest BCUT2D eigenvalue weighted by atomic mass is 10.2. The van der Waals surface area contributed by atoms with Crippen molar-refractivity contribution in [1.82, 2.24) is 20.1 Å². The fourth-order valence-corrected chi connectivity index (χ4v) is 3.53. The van der Waals surface area contributed by atoms with Crippen LogP contribution >= 0.6 is 11.8 Å². The predicted octanol–water partition coefficient (Wildman–Crippen LogP) is 2.09. The number of aromatic nitrogens is 3. The summed E-state index contributed by atoms with van der Waals surface area (Å²) in [6.07, 6.45) is 6.07. The Morgan fingerprint density at radius 3 is 3.00 bits per heavy atom. The predicted molar refractivity (Wildman–Crippen MR) is 88.6 cm³/mol. The Bertz CT molecular complexity index is 690. The van der Waals surface area contributed by atoms with Gasteiger partial charge in [0, 0.05) is 12.6 Å². The zero-order chi connectivity index (χ0) is 16.4. The summed E-state index contributed by atoms with van der Waals surface area (Å²) in [4.78, 5) is 11.9. The third kappa shape index (κ3) is 3.64. The van der Waals surface area contributed by atoms with E-state index in [0.717, 1.165) is 37.4 Å². The summed E-state index contributed by atoms with van der Waals surface area (Å²) in [5, 5.41) is 12.2. The van der Waals surface area contributed by atoms with Gasteiger partial charge in [0.05, 0.1) is 24.7 Å². The Morgan fingerprint density at radius 1 is 1.38 bits per heavy atom. The Kier molecular flexibility index (Phi) is 4.57. The molecule has 1 amide bonds. The Balaban J connectivity index is 1.49. The van der Waals surface area contributed by atoms with Crippen molar-refractivity contribution in [2.45, 2.75) is 49.5 Å². The smallest absolute Gasteiger partial charge is 0.230 e. The first-order valence-corrected chi connectivity index (χ1v) is 9.29. The SMILES string of the molecule is O=C(CSc1nnc(-c2ccco2)n1C[C@H]1CCCO1)NC1CC1. The van der Waals surface area contributed by atoms with Gasteiger partial charge < -0.3 is 14.5 Å². The Hall–Kier alpha value is -1.80. The first-order valence-electron chi connectivity index (χ1n) is 8.30. The molecule has 0 bridgehead atoms. The molecule has 1 atom stereocenters. The second-order valence-corrected chi connectivity index (χ2v) is 7.10. The molecule has 4 rings (SSSR count). The number of carbonyl (C=O) groups excluding carboxylic acids is 1. The second kappa shape index (κ2) is 6.98. The molecule has 24 heavy (non-hydrogen) atoms. The highest BCUT2D eigenvalue weighted by atomic mass is 32.2. The van der Waals surface area contributed by atoms with E-state index in [4.69, 9.17) is 9.15 Å². The second-order valence-electron chi connectivity index (χ2n) is 6.16. The summed E-state index contributed by atoms with van der Waals surface area (Å²) < 4.78 is 13.2. The minimum Gasteiger partial charge on any atom is -0.461 e. The number of nitrogens with one attached hydrogen (secondary N) is 1. The minimum atomic E-state index is 0.0497. The van der Waals surface area contributed by atoms with Crippen molar-refractivity contribution in [2.24, 2.45) is 0 Å². The van der Waals surface area contributed by atoms with Crippen molar-refractivity contribution in [3.8, 4) is 11.6 Å². The van der Waals surface area contributed by atoms with Crippen LogP contribution in [0.4, 0.5) is 0 Å². The molecule has 0 aromatic carbocycles. The van der Waals surface area contributed by atoms with Gasteiger partial charge in [-0.05, 0) is 37.8 Å². The Labute approximate surface area is 144 Å². The highest BCUT2D eigenvalue weighted by Crippen LogP contribution is 2.27. The van der Waals surface area contributed by atoms with Crippen molar-refractivity contribution < 1.29 is 13.9 Å². The molecule has 2 fully saturated rings. The van der Waals surface area contributed by atoms with Gasteiger partial charge in [-0.15, -0.1) is 10.2 Å². The quantitative estimate of drug-likeness (QED) is 0.772.